The molecule has 0 saturated carbocycles. The molecule has 0 unspecified atom stereocenters. The van der Waals surface area contributed by atoms with Crippen molar-refractivity contribution >= 4 is 11.7 Å². The molecule has 0 radical (unpaired) electrons. The van der Waals surface area contributed by atoms with Gasteiger partial charge >= 0.3 is 5.97 Å². The van der Waals surface area contributed by atoms with Crippen LogP contribution in [0.4, 0.5) is 5.69 Å². The van der Waals surface area contributed by atoms with E-state index in [1.54, 1.807) is 18.2 Å². The monoisotopic (exact) mass is 280 g/mol. The summed E-state index contributed by atoms with van der Waals surface area (Å²) in [7, 11) is 0. The van der Waals surface area contributed by atoms with Crippen LogP contribution in [0, 0.1) is 10.1 Å². The smallest absolute Gasteiger partial charge is 0.307 e. The van der Waals surface area contributed by atoms with Crippen LogP contribution in [-0.4, -0.2) is 23.0 Å². The predicted molar refractivity (Wildman–Crippen MR) is 75.3 cm³/mol. The molecule has 20 heavy (non-hydrogen) atoms. The molecule has 1 aromatic carbocycles. The first kappa shape index (κ1) is 16.1. The lowest BCUT2D eigenvalue weighted by Crippen LogP contribution is -2.26. The number of para-hydroxylation sites is 1. The molecule has 0 spiro atoms. The zero-order valence-corrected chi connectivity index (χ0v) is 12.0. The average molecular weight is 280 g/mol. The van der Waals surface area contributed by atoms with Crippen LogP contribution in [0.1, 0.15) is 32.8 Å². The molecule has 0 fully saturated rings. The molecule has 0 atom stereocenters. The third-order valence-electron chi connectivity index (χ3n) is 2.43. The molecular formula is C14H20N2O4. The number of esters is 1. The zero-order chi connectivity index (χ0) is 15.2. The van der Waals surface area contributed by atoms with Gasteiger partial charge in [-0.2, -0.15) is 0 Å². The first-order valence-corrected chi connectivity index (χ1v) is 6.44. The highest BCUT2D eigenvalue weighted by molar-refractivity contribution is 5.70. The molecule has 0 aromatic heterocycles. The quantitative estimate of drug-likeness (QED) is 0.374. The maximum Gasteiger partial charge on any atom is 0.307 e. The van der Waals surface area contributed by atoms with Crippen LogP contribution in [0.25, 0.3) is 0 Å². The number of carbonyl (C=O) groups excluding carboxylic acids is 1. The molecule has 1 N–H and O–H groups in total. The second kappa shape index (κ2) is 7.00. The van der Waals surface area contributed by atoms with Gasteiger partial charge in [0.1, 0.15) is 5.60 Å². The van der Waals surface area contributed by atoms with E-state index in [-0.39, 0.29) is 18.1 Å². The lowest BCUT2D eigenvalue weighted by Gasteiger charge is -2.19. The van der Waals surface area contributed by atoms with E-state index in [1.165, 1.54) is 6.07 Å². The molecule has 0 aliphatic carbocycles. The molecule has 1 rings (SSSR count). The van der Waals surface area contributed by atoms with Gasteiger partial charge in [0.2, 0.25) is 0 Å². The number of nitro benzene ring substituents is 1. The molecule has 0 amide bonds. The summed E-state index contributed by atoms with van der Waals surface area (Å²) in [5.41, 5.74) is 0.189. The Labute approximate surface area is 118 Å². The Balaban J connectivity index is 2.39. The van der Waals surface area contributed by atoms with Crippen molar-refractivity contribution in [1.29, 1.82) is 0 Å². The second-order valence-corrected chi connectivity index (χ2v) is 5.40. The number of rotatable bonds is 6. The minimum Gasteiger partial charge on any atom is -0.460 e. The van der Waals surface area contributed by atoms with Gasteiger partial charge in [-0.15, -0.1) is 0 Å². The van der Waals surface area contributed by atoms with Crippen LogP contribution in [-0.2, 0) is 16.1 Å². The number of ether oxygens (including phenoxy) is 1. The summed E-state index contributed by atoms with van der Waals surface area (Å²) >= 11 is 0. The fraction of sp³-hybridized carbons (Fsp3) is 0.500. The van der Waals surface area contributed by atoms with E-state index in [0.717, 1.165) is 0 Å². The molecule has 0 heterocycles. The van der Waals surface area contributed by atoms with Crippen LogP contribution in [0.15, 0.2) is 24.3 Å². The Morgan fingerprint density at radius 2 is 2.00 bits per heavy atom. The van der Waals surface area contributed by atoms with Crippen molar-refractivity contribution in [1.82, 2.24) is 5.32 Å². The van der Waals surface area contributed by atoms with Crippen LogP contribution >= 0.6 is 0 Å². The molecular weight excluding hydrogens is 260 g/mol. The molecule has 0 saturated heterocycles. The van der Waals surface area contributed by atoms with Crippen molar-refractivity contribution in [2.24, 2.45) is 0 Å². The molecule has 0 aliphatic heterocycles. The molecule has 0 aliphatic rings. The normalized spacial score (nSPS) is 11.2. The van der Waals surface area contributed by atoms with Crippen LogP contribution in [0.3, 0.4) is 0 Å². The number of carbonyl (C=O) groups is 1. The Bertz CT molecular complexity index is 480. The third kappa shape index (κ3) is 5.79. The van der Waals surface area contributed by atoms with E-state index >= 15 is 0 Å². The van der Waals surface area contributed by atoms with Crippen molar-refractivity contribution in [3.8, 4) is 0 Å². The summed E-state index contributed by atoms with van der Waals surface area (Å²) in [4.78, 5) is 21.9. The largest absolute Gasteiger partial charge is 0.460 e. The van der Waals surface area contributed by atoms with Gasteiger partial charge in [-0.3, -0.25) is 14.9 Å². The number of benzene rings is 1. The van der Waals surface area contributed by atoms with Gasteiger partial charge in [0.15, 0.2) is 0 Å². The van der Waals surface area contributed by atoms with Gasteiger partial charge < -0.3 is 10.1 Å². The average Bonchev–Trinajstić information content (AvgIpc) is 2.33. The summed E-state index contributed by atoms with van der Waals surface area (Å²) in [6, 6.07) is 6.53. The summed E-state index contributed by atoms with van der Waals surface area (Å²) < 4.78 is 5.16. The summed E-state index contributed by atoms with van der Waals surface area (Å²) in [6.45, 7) is 6.20. The minimum atomic E-state index is -0.491. The number of hydrogen-bond donors (Lipinski definition) is 1. The van der Waals surface area contributed by atoms with Gasteiger partial charge in [0.25, 0.3) is 5.69 Å². The Morgan fingerprint density at radius 3 is 2.60 bits per heavy atom. The van der Waals surface area contributed by atoms with Gasteiger partial charge in [0.05, 0.1) is 11.3 Å². The van der Waals surface area contributed by atoms with Crippen molar-refractivity contribution in [3.63, 3.8) is 0 Å². The Hall–Kier alpha value is -1.95. The second-order valence-electron chi connectivity index (χ2n) is 5.40. The molecule has 6 heteroatoms. The number of nitro groups is 1. The highest BCUT2D eigenvalue weighted by atomic mass is 16.6. The molecule has 110 valence electrons. The van der Waals surface area contributed by atoms with Crippen LogP contribution < -0.4 is 5.32 Å². The fourth-order valence-corrected chi connectivity index (χ4v) is 1.64. The lowest BCUT2D eigenvalue weighted by atomic mass is 10.2. The number of hydrogen-bond acceptors (Lipinski definition) is 5. The third-order valence-corrected chi connectivity index (χ3v) is 2.43. The van der Waals surface area contributed by atoms with Crippen molar-refractivity contribution < 1.29 is 14.5 Å². The fourth-order valence-electron chi connectivity index (χ4n) is 1.64. The molecule has 0 bridgehead atoms. The summed E-state index contributed by atoms with van der Waals surface area (Å²) in [5.74, 6) is -0.285. The highest BCUT2D eigenvalue weighted by Crippen LogP contribution is 2.17. The van der Waals surface area contributed by atoms with Crippen LogP contribution in [0.2, 0.25) is 0 Å². The highest BCUT2D eigenvalue weighted by Gasteiger charge is 2.16. The number of nitrogens with one attached hydrogen (secondary N) is 1. The van der Waals surface area contributed by atoms with Gasteiger partial charge in [0, 0.05) is 24.7 Å². The summed E-state index contributed by atoms with van der Waals surface area (Å²) in [5, 5.41) is 13.8. The topological polar surface area (TPSA) is 81.5 Å². The Kier molecular flexibility index (Phi) is 5.64. The molecule has 1 aromatic rings. The maximum atomic E-state index is 11.5. The van der Waals surface area contributed by atoms with Gasteiger partial charge in [-0.05, 0) is 20.8 Å². The standard InChI is InChI=1S/C14H20N2O4/c1-14(2,3)20-13(17)8-9-15-10-11-6-4-5-7-12(11)16(18)19/h4-7,15H,8-10H2,1-3H3. The van der Waals surface area contributed by atoms with Crippen LogP contribution in [0.5, 0.6) is 0 Å². The van der Waals surface area contributed by atoms with E-state index in [0.29, 0.717) is 18.7 Å². The van der Waals surface area contributed by atoms with E-state index in [4.69, 9.17) is 4.74 Å². The lowest BCUT2D eigenvalue weighted by molar-refractivity contribution is -0.385. The first-order chi connectivity index (χ1) is 9.29. The van der Waals surface area contributed by atoms with Crippen molar-refractivity contribution in [2.75, 3.05) is 6.54 Å². The van der Waals surface area contributed by atoms with Gasteiger partial charge in [-0.1, -0.05) is 18.2 Å². The van der Waals surface area contributed by atoms with E-state index in [2.05, 4.69) is 5.32 Å². The zero-order valence-electron chi connectivity index (χ0n) is 12.0. The SMILES string of the molecule is CC(C)(C)OC(=O)CCNCc1ccccc1[N+](=O)[O-]. The number of nitrogens with zero attached hydrogens (tertiary/aromatic N) is 1. The minimum absolute atomic E-state index is 0.0808. The van der Waals surface area contributed by atoms with Crippen molar-refractivity contribution in [3.05, 3.63) is 39.9 Å². The van der Waals surface area contributed by atoms with Crippen molar-refractivity contribution in [2.45, 2.75) is 39.3 Å². The predicted octanol–water partition coefficient (Wildman–Crippen LogP) is 2.42. The summed E-state index contributed by atoms with van der Waals surface area (Å²) in [6.07, 6.45) is 0.234. The van der Waals surface area contributed by atoms with Gasteiger partial charge in [-0.25, -0.2) is 0 Å². The van der Waals surface area contributed by atoms with E-state index in [1.807, 2.05) is 20.8 Å². The van der Waals surface area contributed by atoms with E-state index < -0.39 is 10.5 Å². The van der Waals surface area contributed by atoms with E-state index in [9.17, 15) is 14.9 Å². The Morgan fingerprint density at radius 1 is 1.35 bits per heavy atom. The maximum absolute atomic E-state index is 11.5. The molecule has 6 nitrogen and oxygen atoms in total. The first-order valence-electron chi connectivity index (χ1n) is 6.44.